The number of nitrogens with one attached hydrogen (secondary N) is 1. The van der Waals surface area contributed by atoms with Gasteiger partial charge < -0.3 is 9.47 Å². The first-order valence-electron chi connectivity index (χ1n) is 9.92. The van der Waals surface area contributed by atoms with Crippen LogP contribution in [0.4, 0.5) is 9.93 Å². The Labute approximate surface area is 169 Å². The summed E-state index contributed by atoms with van der Waals surface area (Å²) in [6, 6.07) is 10.2. The molecule has 1 aromatic heterocycles. The molecule has 2 aromatic rings. The second kappa shape index (κ2) is 8.59. The quantitative estimate of drug-likeness (QED) is 0.843. The summed E-state index contributed by atoms with van der Waals surface area (Å²) < 4.78 is 11.2. The molecule has 2 heterocycles. The molecule has 1 aliphatic carbocycles. The number of anilines is 1. The van der Waals surface area contributed by atoms with Gasteiger partial charge in [0.05, 0.1) is 17.9 Å². The minimum absolute atomic E-state index is 0.257. The van der Waals surface area contributed by atoms with Gasteiger partial charge in [0, 0.05) is 24.0 Å². The third kappa shape index (κ3) is 4.71. The summed E-state index contributed by atoms with van der Waals surface area (Å²) in [6.07, 6.45) is 3.16. The molecule has 6 nitrogen and oxygen atoms in total. The molecule has 1 fully saturated rings. The molecule has 1 saturated heterocycles. The highest BCUT2D eigenvalue weighted by Gasteiger charge is 2.31. The number of morpholine rings is 1. The average Bonchev–Trinajstić information content (AvgIpc) is 3.07. The molecule has 0 radical (unpaired) electrons. The first kappa shape index (κ1) is 19.4. The van der Waals surface area contributed by atoms with Crippen LogP contribution in [0.3, 0.4) is 0 Å². The normalized spacial score (nSPS) is 25.1. The predicted molar refractivity (Wildman–Crippen MR) is 110 cm³/mol. The van der Waals surface area contributed by atoms with Crippen molar-refractivity contribution in [3.63, 3.8) is 0 Å². The van der Waals surface area contributed by atoms with Crippen LogP contribution in [0.25, 0.3) is 0 Å². The fraction of sp³-hybridized carbons (Fsp3) is 0.524. The molecular weight excluding hydrogens is 374 g/mol. The summed E-state index contributed by atoms with van der Waals surface area (Å²) >= 11 is 1.57. The lowest BCUT2D eigenvalue weighted by molar-refractivity contribution is -0.0815. The first-order valence-corrected chi connectivity index (χ1v) is 10.7. The van der Waals surface area contributed by atoms with Crippen molar-refractivity contribution < 1.29 is 14.3 Å². The monoisotopic (exact) mass is 401 g/mol. The van der Waals surface area contributed by atoms with Gasteiger partial charge in [-0.2, -0.15) is 0 Å². The van der Waals surface area contributed by atoms with Gasteiger partial charge in [-0.3, -0.25) is 10.2 Å². The van der Waals surface area contributed by atoms with Gasteiger partial charge in [0.15, 0.2) is 5.13 Å². The lowest BCUT2D eigenvalue weighted by atomic mass is 9.95. The van der Waals surface area contributed by atoms with Gasteiger partial charge >= 0.3 is 6.09 Å². The van der Waals surface area contributed by atoms with E-state index in [1.807, 2.05) is 30.3 Å². The lowest BCUT2D eigenvalue weighted by Gasteiger charge is -2.41. The number of ether oxygens (including phenoxy) is 2. The van der Waals surface area contributed by atoms with Crippen molar-refractivity contribution in [3.8, 4) is 0 Å². The number of hydrogen-bond donors (Lipinski definition) is 1. The largest absolute Gasteiger partial charge is 0.444 e. The number of aryl methyl sites for hydroxylation is 1. The van der Waals surface area contributed by atoms with Crippen LogP contribution in [0.5, 0.6) is 0 Å². The number of aromatic nitrogens is 1. The Bertz CT molecular complexity index is 800. The van der Waals surface area contributed by atoms with E-state index in [4.69, 9.17) is 9.47 Å². The Morgan fingerprint density at radius 3 is 2.79 bits per heavy atom. The Kier molecular flexibility index (Phi) is 5.94. The molecule has 7 heteroatoms. The number of hydrogen-bond acceptors (Lipinski definition) is 6. The maximum absolute atomic E-state index is 12.1. The first-order chi connectivity index (χ1) is 13.6. The number of fused-ring (bicyclic) bond motifs is 1. The summed E-state index contributed by atoms with van der Waals surface area (Å²) in [5.41, 5.74) is 2.09. The van der Waals surface area contributed by atoms with Crippen molar-refractivity contribution in [2.45, 2.75) is 58.0 Å². The zero-order valence-corrected chi connectivity index (χ0v) is 17.2. The van der Waals surface area contributed by atoms with E-state index in [1.165, 1.54) is 4.88 Å². The number of benzene rings is 1. The summed E-state index contributed by atoms with van der Waals surface area (Å²) in [7, 11) is 0. The van der Waals surface area contributed by atoms with Crippen molar-refractivity contribution in [1.29, 1.82) is 0 Å². The van der Waals surface area contributed by atoms with E-state index >= 15 is 0 Å². The Morgan fingerprint density at radius 1 is 1.29 bits per heavy atom. The third-order valence-corrected chi connectivity index (χ3v) is 6.34. The Hall–Kier alpha value is -1.96. The zero-order valence-electron chi connectivity index (χ0n) is 16.4. The van der Waals surface area contributed by atoms with Crippen LogP contribution >= 0.6 is 11.3 Å². The molecule has 2 aliphatic rings. The number of nitrogens with zero attached hydrogens (tertiary/aromatic N) is 2. The van der Waals surface area contributed by atoms with E-state index in [0.29, 0.717) is 11.2 Å². The lowest BCUT2D eigenvalue weighted by Crippen LogP contribution is -2.51. The smallest absolute Gasteiger partial charge is 0.413 e. The number of amides is 1. The van der Waals surface area contributed by atoms with Crippen molar-refractivity contribution in [2.75, 3.05) is 18.4 Å². The second-order valence-electron chi connectivity index (χ2n) is 7.68. The van der Waals surface area contributed by atoms with Crippen molar-refractivity contribution in [1.82, 2.24) is 9.88 Å². The van der Waals surface area contributed by atoms with Crippen LogP contribution in [-0.4, -0.2) is 47.3 Å². The van der Waals surface area contributed by atoms with E-state index in [9.17, 15) is 4.79 Å². The molecule has 3 atom stereocenters. The maximum atomic E-state index is 12.1. The molecule has 1 unspecified atom stereocenters. The minimum Gasteiger partial charge on any atom is -0.444 e. The van der Waals surface area contributed by atoms with Crippen LogP contribution in [0.15, 0.2) is 30.3 Å². The van der Waals surface area contributed by atoms with Gasteiger partial charge in [-0.25, -0.2) is 9.78 Å². The fourth-order valence-electron chi connectivity index (χ4n) is 4.09. The third-order valence-electron chi connectivity index (χ3n) is 5.30. The van der Waals surface area contributed by atoms with Crippen LogP contribution < -0.4 is 5.32 Å². The molecule has 1 aromatic carbocycles. The van der Waals surface area contributed by atoms with Crippen LogP contribution in [-0.2, 0) is 28.9 Å². The van der Waals surface area contributed by atoms with Gasteiger partial charge in [-0.15, -0.1) is 11.3 Å². The SMILES string of the molecule is C[C@@H]1CN(C2CCc3nc(NC(=O)OCc4ccccc4)sc3C2)C[C@H](C)O1. The molecule has 1 N–H and O–H groups in total. The molecular formula is C21H27N3O3S. The minimum atomic E-state index is -0.456. The Balaban J connectivity index is 1.33. The van der Waals surface area contributed by atoms with Gasteiger partial charge in [-0.05, 0) is 38.7 Å². The second-order valence-corrected chi connectivity index (χ2v) is 8.77. The average molecular weight is 402 g/mol. The van der Waals surface area contributed by atoms with Gasteiger partial charge in [0.25, 0.3) is 0 Å². The van der Waals surface area contributed by atoms with Gasteiger partial charge in [-0.1, -0.05) is 30.3 Å². The van der Waals surface area contributed by atoms with E-state index in [-0.39, 0.29) is 18.8 Å². The van der Waals surface area contributed by atoms with E-state index in [0.717, 1.165) is 43.6 Å². The van der Waals surface area contributed by atoms with Gasteiger partial charge in [0.2, 0.25) is 0 Å². The molecule has 1 aliphatic heterocycles. The number of carbonyl (C=O) groups excluding carboxylic acids is 1. The number of carbonyl (C=O) groups is 1. The molecule has 4 rings (SSSR count). The highest BCUT2D eigenvalue weighted by atomic mass is 32.1. The van der Waals surface area contributed by atoms with E-state index < -0.39 is 6.09 Å². The molecule has 150 valence electrons. The van der Waals surface area contributed by atoms with Crippen molar-refractivity contribution in [3.05, 3.63) is 46.5 Å². The molecule has 0 spiro atoms. The van der Waals surface area contributed by atoms with E-state index in [2.05, 4.69) is 29.0 Å². The number of rotatable bonds is 4. The zero-order chi connectivity index (χ0) is 19.5. The van der Waals surface area contributed by atoms with Crippen LogP contribution in [0, 0.1) is 0 Å². The molecule has 1 amide bonds. The summed E-state index contributed by atoms with van der Waals surface area (Å²) in [6.45, 7) is 6.52. The van der Waals surface area contributed by atoms with Crippen LogP contribution in [0.2, 0.25) is 0 Å². The topological polar surface area (TPSA) is 63.7 Å². The molecule has 28 heavy (non-hydrogen) atoms. The maximum Gasteiger partial charge on any atom is 0.413 e. The van der Waals surface area contributed by atoms with Gasteiger partial charge in [0.1, 0.15) is 6.61 Å². The highest BCUT2D eigenvalue weighted by molar-refractivity contribution is 7.15. The summed E-state index contributed by atoms with van der Waals surface area (Å²) in [5, 5.41) is 3.42. The van der Waals surface area contributed by atoms with Crippen molar-refractivity contribution in [2.24, 2.45) is 0 Å². The van der Waals surface area contributed by atoms with Crippen LogP contribution in [0.1, 0.15) is 36.4 Å². The highest BCUT2D eigenvalue weighted by Crippen LogP contribution is 2.32. The predicted octanol–water partition coefficient (Wildman–Crippen LogP) is 3.86. The molecule has 0 bridgehead atoms. The number of thiazole rings is 1. The summed E-state index contributed by atoms with van der Waals surface area (Å²) in [5.74, 6) is 0. The Morgan fingerprint density at radius 2 is 2.04 bits per heavy atom. The fourth-order valence-corrected chi connectivity index (χ4v) is 5.15. The summed E-state index contributed by atoms with van der Waals surface area (Å²) in [4.78, 5) is 20.5. The molecule has 0 saturated carbocycles. The standard InChI is InChI=1S/C21H27N3O3S/c1-14-11-24(12-15(2)27-14)17-8-9-18-19(10-17)28-20(22-18)23-21(25)26-13-16-6-4-3-5-7-16/h3-7,14-15,17H,8-13H2,1-2H3,(H,22,23,25)/t14-,15+,17?. The van der Waals surface area contributed by atoms with Crippen molar-refractivity contribution >= 4 is 22.6 Å². The van der Waals surface area contributed by atoms with E-state index in [1.54, 1.807) is 11.3 Å².